The van der Waals surface area contributed by atoms with Crippen molar-refractivity contribution in [3.05, 3.63) is 40.9 Å². The van der Waals surface area contributed by atoms with E-state index in [-0.39, 0.29) is 36.6 Å². The number of fused-ring (bicyclic) bond motifs is 1. The van der Waals surface area contributed by atoms with Gasteiger partial charge >= 0.3 is 0 Å². The van der Waals surface area contributed by atoms with Crippen molar-refractivity contribution in [3.63, 3.8) is 0 Å². The number of aromatic nitrogens is 2. The largest absolute Gasteiger partial charge is 0.377 e. The second-order valence-electron chi connectivity index (χ2n) is 5.50. The van der Waals surface area contributed by atoms with E-state index in [1.165, 1.54) is 10.9 Å². The van der Waals surface area contributed by atoms with Crippen LogP contribution in [0.1, 0.15) is 6.42 Å². The zero-order valence-corrected chi connectivity index (χ0v) is 12.9. The third-order valence-electron chi connectivity index (χ3n) is 3.99. The molecule has 2 atom stereocenters. The van der Waals surface area contributed by atoms with Gasteiger partial charge < -0.3 is 14.8 Å². The Morgan fingerprint density at radius 3 is 3.09 bits per heavy atom. The molecule has 0 bridgehead atoms. The lowest BCUT2D eigenvalue weighted by molar-refractivity contribution is -0.122. The number of amides is 1. The lowest BCUT2D eigenvalue weighted by atomic mass is 10.2. The van der Waals surface area contributed by atoms with E-state index in [4.69, 9.17) is 9.47 Å². The van der Waals surface area contributed by atoms with Crippen LogP contribution < -0.4 is 10.9 Å². The van der Waals surface area contributed by atoms with Gasteiger partial charge in [0.1, 0.15) is 6.10 Å². The van der Waals surface area contributed by atoms with Gasteiger partial charge in [-0.1, -0.05) is 12.1 Å². The summed E-state index contributed by atoms with van der Waals surface area (Å²) >= 11 is 0. The first-order valence-electron chi connectivity index (χ1n) is 7.53. The topological polar surface area (TPSA) is 82.4 Å². The summed E-state index contributed by atoms with van der Waals surface area (Å²) in [6.45, 7) is 1.21. The number of rotatable bonds is 5. The molecule has 1 N–H and O–H groups in total. The third kappa shape index (κ3) is 3.40. The van der Waals surface area contributed by atoms with E-state index >= 15 is 0 Å². The van der Waals surface area contributed by atoms with Gasteiger partial charge in [-0.25, -0.2) is 4.98 Å². The number of nitrogens with one attached hydrogen (secondary N) is 1. The second-order valence-corrected chi connectivity index (χ2v) is 5.50. The molecule has 1 aliphatic rings. The standard InChI is InChI=1S/C16H19N3O4/c1-22-14-9-23-8-13(14)18-15(20)6-7-19-10-17-12-5-3-2-4-11(12)16(19)21/h2-5,10,13-14H,6-9H2,1H3,(H,18,20)/t13-,14+/m0/s1. The van der Waals surface area contributed by atoms with Crippen LogP contribution in [-0.4, -0.2) is 47.9 Å². The zero-order valence-electron chi connectivity index (χ0n) is 12.9. The van der Waals surface area contributed by atoms with Crippen LogP contribution in [0.25, 0.3) is 10.9 Å². The number of carbonyl (C=O) groups is 1. The van der Waals surface area contributed by atoms with Gasteiger partial charge in [-0.3, -0.25) is 14.2 Å². The molecule has 1 aromatic heterocycles. The Labute approximate surface area is 133 Å². The average Bonchev–Trinajstić information content (AvgIpc) is 3.01. The fourth-order valence-corrected chi connectivity index (χ4v) is 2.67. The fourth-order valence-electron chi connectivity index (χ4n) is 2.67. The lowest BCUT2D eigenvalue weighted by Crippen LogP contribution is -2.43. The normalized spacial score (nSPS) is 20.7. The van der Waals surface area contributed by atoms with Gasteiger partial charge in [0.05, 0.1) is 36.5 Å². The van der Waals surface area contributed by atoms with Crippen molar-refractivity contribution in [2.45, 2.75) is 25.1 Å². The van der Waals surface area contributed by atoms with Crippen molar-refractivity contribution in [2.24, 2.45) is 0 Å². The maximum absolute atomic E-state index is 12.3. The predicted octanol–water partition coefficient (Wildman–Crippen LogP) is 0.317. The number of benzene rings is 1. The van der Waals surface area contributed by atoms with E-state index in [1.807, 2.05) is 6.07 Å². The minimum atomic E-state index is -0.140. The number of methoxy groups -OCH3 is 1. The van der Waals surface area contributed by atoms with E-state index in [0.717, 1.165) is 0 Å². The van der Waals surface area contributed by atoms with Crippen LogP contribution in [0, 0.1) is 0 Å². The van der Waals surface area contributed by atoms with Crippen LogP contribution in [0.15, 0.2) is 35.4 Å². The SMILES string of the molecule is CO[C@@H]1COC[C@@H]1NC(=O)CCn1cnc2ccccc2c1=O. The van der Waals surface area contributed by atoms with E-state index in [9.17, 15) is 9.59 Å². The summed E-state index contributed by atoms with van der Waals surface area (Å²) in [5, 5.41) is 3.44. The Kier molecular flexibility index (Phi) is 4.68. The van der Waals surface area contributed by atoms with Gasteiger partial charge in [0.25, 0.3) is 5.56 Å². The number of para-hydroxylation sites is 1. The van der Waals surface area contributed by atoms with Crippen LogP contribution in [0.3, 0.4) is 0 Å². The Morgan fingerprint density at radius 2 is 2.26 bits per heavy atom. The molecule has 2 heterocycles. The summed E-state index contributed by atoms with van der Waals surface area (Å²) in [6.07, 6.45) is 1.56. The molecule has 23 heavy (non-hydrogen) atoms. The molecule has 0 unspecified atom stereocenters. The minimum absolute atomic E-state index is 0.121. The molecule has 0 radical (unpaired) electrons. The molecule has 1 aliphatic heterocycles. The summed E-state index contributed by atoms with van der Waals surface area (Å²) in [4.78, 5) is 28.6. The molecule has 0 spiro atoms. The molecule has 1 amide bonds. The molecule has 122 valence electrons. The van der Waals surface area contributed by atoms with Gasteiger partial charge in [-0.15, -0.1) is 0 Å². The Balaban J connectivity index is 1.63. The zero-order chi connectivity index (χ0) is 16.2. The molecule has 1 saturated heterocycles. The number of hydrogen-bond donors (Lipinski definition) is 1. The van der Waals surface area contributed by atoms with Gasteiger partial charge in [0.2, 0.25) is 5.91 Å². The summed E-state index contributed by atoms with van der Waals surface area (Å²) in [7, 11) is 1.60. The maximum atomic E-state index is 12.3. The van der Waals surface area contributed by atoms with Gasteiger partial charge in [0.15, 0.2) is 0 Å². The monoisotopic (exact) mass is 317 g/mol. The summed E-state index contributed by atoms with van der Waals surface area (Å²) in [5.41, 5.74) is 0.520. The van der Waals surface area contributed by atoms with E-state index in [2.05, 4.69) is 10.3 Å². The number of hydrogen-bond acceptors (Lipinski definition) is 5. The highest BCUT2D eigenvalue weighted by Crippen LogP contribution is 2.09. The van der Waals surface area contributed by atoms with Crippen molar-refractivity contribution < 1.29 is 14.3 Å². The first-order valence-corrected chi connectivity index (χ1v) is 7.53. The molecule has 1 aromatic carbocycles. The van der Waals surface area contributed by atoms with E-state index in [1.54, 1.807) is 25.3 Å². The van der Waals surface area contributed by atoms with Crippen LogP contribution in [0.5, 0.6) is 0 Å². The quantitative estimate of drug-likeness (QED) is 0.858. The number of aryl methyl sites for hydroxylation is 1. The highest BCUT2D eigenvalue weighted by molar-refractivity contribution is 5.77. The molecule has 7 nitrogen and oxygen atoms in total. The van der Waals surface area contributed by atoms with Gasteiger partial charge in [-0.05, 0) is 12.1 Å². The molecule has 0 aliphatic carbocycles. The molecule has 2 aromatic rings. The van der Waals surface area contributed by atoms with E-state index in [0.29, 0.717) is 24.1 Å². The third-order valence-corrected chi connectivity index (χ3v) is 3.99. The van der Waals surface area contributed by atoms with Crippen LogP contribution in [-0.2, 0) is 20.8 Å². The minimum Gasteiger partial charge on any atom is -0.377 e. The Morgan fingerprint density at radius 1 is 1.43 bits per heavy atom. The van der Waals surface area contributed by atoms with Crippen molar-refractivity contribution in [1.29, 1.82) is 0 Å². The molecule has 1 fully saturated rings. The molecular weight excluding hydrogens is 298 g/mol. The van der Waals surface area contributed by atoms with Gasteiger partial charge in [-0.2, -0.15) is 0 Å². The summed E-state index contributed by atoms with van der Waals surface area (Å²) < 4.78 is 12.0. The average molecular weight is 317 g/mol. The van der Waals surface area contributed by atoms with Gasteiger partial charge in [0, 0.05) is 20.1 Å². The van der Waals surface area contributed by atoms with E-state index < -0.39 is 0 Å². The molecular formula is C16H19N3O4. The van der Waals surface area contributed by atoms with Crippen molar-refractivity contribution in [1.82, 2.24) is 14.9 Å². The van der Waals surface area contributed by atoms with Crippen LogP contribution >= 0.6 is 0 Å². The van der Waals surface area contributed by atoms with Crippen LogP contribution in [0.4, 0.5) is 0 Å². The smallest absolute Gasteiger partial charge is 0.261 e. The maximum Gasteiger partial charge on any atom is 0.261 e. The molecule has 3 rings (SSSR count). The first kappa shape index (κ1) is 15.6. The van der Waals surface area contributed by atoms with Crippen molar-refractivity contribution >= 4 is 16.8 Å². The van der Waals surface area contributed by atoms with Crippen molar-refractivity contribution in [3.8, 4) is 0 Å². The number of ether oxygens (including phenoxy) is 2. The predicted molar refractivity (Wildman–Crippen MR) is 84.2 cm³/mol. The molecule has 7 heteroatoms. The lowest BCUT2D eigenvalue weighted by Gasteiger charge is -2.17. The molecule has 0 saturated carbocycles. The summed E-state index contributed by atoms with van der Waals surface area (Å²) in [6, 6.07) is 7.02. The second kappa shape index (κ2) is 6.89. The van der Waals surface area contributed by atoms with Crippen molar-refractivity contribution in [2.75, 3.05) is 20.3 Å². The highest BCUT2D eigenvalue weighted by Gasteiger charge is 2.29. The first-order chi connectivity index (χ1) is 11.2. The number of nitrogens with zero attached hydrogens (tertiary/aromatic N) is 2. The fraction of sp³-hybridized carbons (Fsp3) is 0.438. The van der Waals surface area contributed by atoms with Crippen LogP contribution in [0.2, 0.25) is 0 Å². The summed E-state index contributed by atoms with van der Waals surface area (Å²) in [5.74, 6) is -0.136. The Hall–Kier alpha value is -2.25. The number of carbonyl (C=O) groups excluding carboxylic acids is 1. The Bertz CT molecular complexity index is 758. The highest BCUT2D eigenvalue weighted by atomic mass is 16.5.